The van der Waals surface area contributed by atoms with E-state index >= 15 is 0 Å². The predicted octanol–water partition coefficient (Wildman–Crippen LogP) is 4.02. The summed E-state index contributed by atoms with van der Waals surface area (Å²) in [6, 6.07) is 5.89. The largest absolute Gasteiger partial charge is 0.465 e. The van der Waals surface area contributed by atoms with E-state index in [2.05, 4.69) is 12.2 Å². The molecule has 0 spiro atoms. The van der Waals surface area contributed by atoms with E-state index in [0.29, 0.717) is 5.56 Å². The third-order valence-corrected chi connectivity index (χ3v) is 4.30. The summed E-state index contributed by atoms with van der Waals surface area (Å²) in [5.74, 6) is 1.32. The van der Waals surface area contributed by atoms with Gasteiger partial charge in [-0.1, -0.05) is 31.4 Å². The first-order chi connectivity index (χ1) is 9.60. The van der Waals surface area contributed by atoms with E-state index in [1.54, 1.807) is 0 Å². The van der Waals surface area contributed by atoms with Gasteiger partial charge in [0.15, 0.2) is 0 Å². The predicted molar refractivity (Wildman–Crippen MR) is 82.1 cm³/mol. The van der Waals surface area contributed by atoms with Crippen molar-refractivity contribution in [2.24, 2.45) is 11.8 Å². The molecule has 20 heavy (non-hydrogen) atoms. The number of carbonyl (C=O) groups is 1. The topological polar surface area (TPSA) is 38.3 Å². The first kappa shape index (κ1) is 14.9. The standard InChI is InChI=1S/C17H25NO2/c1-12-4-7-14(8-5-12)11-18-16-9-6-13(2)10-15(16)17(19)20-3/h6,9-10,12,14,18H,4-5,7-8,11H2,1-3H3. The Morgan fingerprint density at radius 2 is 2.00 bits per heavy atom. The molecule has 0 amide bonds. The van der Waals surface area contributed by atoms with Gasteiger partial charge < -0.3 is 10.1 Å². The van der Waals surface area contributed by atoms with Crippen molar-refractivity contribution in [3.63, 3.8) is 0 Å². The summed E-state index contributed by atoms with van der Waals surface area (Å²) < 4.78 is 4.86. The molecular formula is C17H25NO2. The van der Waals surface area contributed by atoms with Gasteiger partial charge in [0.2, 0.25) is 0 Å². The second kappa shape index (κ2) is 6.78. The van der Waals surface area contributed by atoms with Crippen molar-refractivity contribution >= 4 is 11.7 Å². The smallest absolute Gasteiger partial charge is 0.339 e. The third kappa shape index (κ3) is 3.75. The lowest BCUT2D eigenvalue weighted by Gasteiger charge is -2.26. The van der Waals surface area contributed by atoms with Gasteiger partial charge in [0.25, 0.3) is 0 Å². The molecule has 0 aromatic heterocycles. The minimum atomic E-state index is -0.270. The van der Waals surface area contributed by atoms with Crippen molar-refractivity contribution < 1.29 is 9.53 Å². The molecule has 0 unspecified atom stereocenters. The van der Waals surface area contributed by atoms with E-state index < -0.39 is 0 Å². The highest BCUT2D eigenvalue weighted by atomic mass is 16.5. The summed E-state index contributed by atoms with van der Waals surface area (Å²) in [7, 11) is 1.43. The van der Waals surface area contributed by atoms with E-state index in [-0.39, 0.29) is 5.97 Å². The first-order valence-electron chi connectivity index (χ1n) is 7.53. The monoisotopic (exact) mass is 275 g/mol. The number of aryl methyl sites for hydroxylation is 1. The number of methoxy groups -OCH3 is 1. The van der Waals surface area contributed by atoms with Crippen LogP contribution in [0.4, 0.5) is 5.69 Å². The van der Waals surface area contributed by atoms with Crippen LogP contribution in [0.25, 0.3) is 0 Å². The molecular weight excluding hydrogens is 250 g/mol. The molecule has 0 atom stereocenters. The Kier molecular flexibility index (Phi) is 5.05. The van der Waals surface area contributed by atoms with E-state index in [0.717, 1.165) is 29.6 Å². The molecule has 0 radical (unpaired) electrons. The summed E-state index contributed by atoms with van der Waals surface area (Å²) >= 11 is 0. The molecule has 1 N–H and O–H groups in total. The summed E-state index contributed by atoms with van der Waals surface area (Å²) in [4.78, 5) is 11.8. The van der Waals surface area contributed by atoms with Crippen LogP contribution in [-0.4, -0.2) is 19.6 Å². The summed E-state index contributed by atoms with van der Waals surface area (Å²) in [5.41, 5.74) is 2.60. The molecule has 0 saturated heterocycles. The third-order valence-electron chi connectivity index (χ3n) is 4.30. The molecule has 0 heterocycles. The van der Waals surface area contributed by atoms with Crippen molar-refractivity contribution in [2.45, 2.75) is 39.5 Å². The SMILES string of the molecule is COC(=O)c1cc(C)ccc1NCC1CCC(C)CC1. The average Bonchev–Trinajstić information content (AvgIpc) is 2.46. The minimum Gasteiger partial charge on any atom is -0.465 e. The molecule has 3 nitrogen and oxygen atoms in total. The zero-order valence-corrected chi connectivity index (χ0v) is 12.7. The van der Waals surface area contributed by atoms with E-state index in [4.69, 9.17) is 4.74 Å². The van der Waals surface area contributed by atoms with Crippen LogP contribution >= 0.6 is 0 Å². The van der Waals surface area contributed by atoms with Crippen LogP contribution in [0.15, 0.2) is 18.2 Å². The normalized spacial score (nSPS) is 22.4. The average molecular weight is 275 g/mol. The lowest BCUT2D eigenvalue weighted by molar-refractivity contribution is 0.0601. The van der Waals surface area contributed by atoms with Gasteiger partial charge in [-0.05, 0) is 43.7 Å². The molecule has 0 bridgehead atoms. The minimum absolute atomic E-state index is 0.270. The molecule has 1 aliphatic rings. The van der Waals surface area contributed by atoms with Crippen LogP contribution in [0, 0.1) is 18.8 Å². The van der Waals surface area contributed by atoms with Crippen molar-refractivity contribution in [1.82, 2.24) is 0 Å². The number of esters is 1. The molecule has 1 aromatic rings. The first-order valence-corrected chi connectivity index (χ1v) is 7.53. The molecule has 2 rings (SSSR count). The van der Waals surface area contributed by atoms with Gasteiger partial charge in [-0.15, -0.1) is 0 Å². The summed E-state index contributed by atoms with van der Waals surface area (Å²) in [6.45, 7) is 5.26. The van der Waals surface area contributed by atoms with Crippen molar-refractivity contribution in [2.75, 3.05) is 19.0 Å². The molecule has 1 aliphatic carbocycles. The molecule has 0 aliphatic heterocycles. The second-order valence-electron chi connectivity index (χ2n) is 6.05. The highest BCUT2D eigenvalue weighted by Gasteiger charge is 2.19. The molecule has 1 aromatic carbocycles. The quantitative estimate of drug-likeness (QED) is 0.843. The lowest BCUT2D eigenvalue weighted by Crippen LogP contribution is -2.21. The molecule has 1 saturated carbocycles. The number of rotatable bonds is 4. The highest BCUT2D eigenvalue weighted by Crippen LogP contribution is 2.29. The van der Waals surface area contributed by atoms with Gasteiger partial charge in [-0.2, -0.15) is 0 Å². The zero-order valence-electron chi connectivity index (χ0n) is 12.7. The maximum Gasteiger partial charge on any atom is 0.339 e. The van der Waals surface area contributed by atoms with Crippen LogP contribution in [0.5, 0.6) is 0 Å². The number of nitrogens with one attached hydrogen (secondary N) is 1. The van der Waals surface area contributed by atoms with Crippen LogP contribution in [-0.2, 0) is 4.74 Å². The maximum atomic E-state index is 11.8. The number of carbonyl (C=O) groups excluding carboxylic acids is 1. The zero-order chi connectivity index (χ0) is 14.5. The fourth-order valence-corrected chi connectivity index (χ4v) is 2.88. The van der Waals surface area contributed by atoms with E-state index in [9.17, 15) is 4.79 Å². The van der Waals surface area contributed by atoms with Crippen LogP contribution in [0.1, 0.15) is 48.5 Å². The Bertz CT molecular complexity index is 462. The van der Waals surface area contributed by atoms with Crippen LogP contribution in [0.3, 0.4) is 0 Å². The molecule has 1 fully saturated rings. The summed E-state index contributed by atoms with van der Waals surface area (Å²) in [6.07, 6.45) is 5.22. The summed E-state index contributed by atoms with van der Waals surface area (Å²) in [5, 5.41) is 3.44. The number of ether oxygens (including phenoxy) is 1. The van der Waals surface area contributed by atoms with E-state index in [1.165, 1.54) is 32.8 Å². The van der Waals surface area contributed by atoms with Gasteiger partial charge in [-0.25, -0.2) is 4.79 Å². The maximum absolute atomic E-state index is 11.8. The van der Waals surface area contributed by atoms with E-state index in [1.807, 2.05) is 25.1 Å². The van der Waals surface area contributed by atoms with Gasteiger partial charge >= 0.3 is 5.97 Å². The number of benzene rings is 1. The fraction of sp³-hybridized carbons (Fsp3) is 0.588. The second-order valence-corrected chi connectivity index (χ2v) is 6.05. The van der Waals surface area contributed by atoms with Crippen molar-refractivity contribution in [3.8, 4) is 0 Å². The molecule has 3 heteroatoms. The Morgan fingerprint density at radius 3 is 2.65 bits per heavy atom. The number of hydrogen-bond acceptors (Lipinski definition) is 3. The molecule has 110 valence electrons. The highest BCUT2D eigenvalue weighted by molar-refractivity contribution is 5.95. The van der Waals surface area contributed by atoms with Crippen LogP contribution in [0.2, 0.25) is 0 Å². The number of anilines is 1. The number of hydrogen-bond donors (Lipinski definition) is 1. The van der Waals surface area contributed by atoms with Crippen LogP contribution < -0.4 is 5.32 Å². The Hall–Kier alpha value is -1.51. The van der Waals surface area contributed by atoms with Crippen molar-refractivity contribution in [3.05, 3.63) is 29.3 Å². The Balaban J connectivity index is 2.00. The Labute approximate surface area is 121 Å². The van der Waals surface area contributed by atoms with Gasteiger partial charge in [0, 0.05) is 12.2 Å². The lowest BCUT2D eigenvalue weighted by atomic mass is 9.83. The van der Waals surface area contributed by atoms with Gasteiger partial charge in [0.1, 0.15) is 0 Å². The fourth-order valence-electron chi connectivity index (χ4n) is 2.88. The van der Waals surface area contributed by atoms with Gasteiger partial charge in [0.05, 0.1) is 12.7 Å². The van der Waals surface area contributed by atoms with Gasteiger partial charge in [-0.3, -0.25) is 0 Å². The van der Waals surface area contributed by atoms with Crippen molar-refractivity contribution in [1.29, 1.82) is 0 Å². The Morgan fingerprint density at radius 1 is 1.30 bits per heavy atom.